The molecule has 0 unspecified atom stereocenters. The molecule has 1 rings (SSSR count). The second-order valence-electron chi connectivity index (χ2n) is 4.74. The van der Waals surface area contributed by atoms with E-state index in [9.17, 15) is 18.0 Å². The number of halogens is 3. The molecule has 20 heavy (non-hydrogen) atoms. The Balaban J connectivity index is 2.44. The quantitative estimate of drug-likeness (QED) is 0.835. The lowest BCUT2D eigenvalue weighted by molar-refractivity contribution is -0.139. The van der Waals surface area contributed by atoms with Crippen LogP contribution in [-0.4, -0.2) is 40.5 Å². The number of nitrogens with zero attached hydrogens (tertiary/aromatic N) is 2. The van der Waals surface area contributed by atoms with Gasteiger partial charge in [-0.15, -0.1) is 0 Å². The van der Waals surface area contributed by atoms with E-state index in [1.807, 2.05) is 19.2 Å². The van der Waals surface area contributed by atoms with Crippen LogP contribution in [0, 0.1) is 0 Å². The zero-order valence-electron chi connectivity index (χ0n) is 11.6. The minimum absolute atomic E-state index is 0.0251. The van der Waals surface area contributed by atoms with Gasteiger partial charge in [-0.1, -0.05) is 0 Å². The SMILES string of the molecule is C[C@H](N[C@H](C)[C@@H](C)n1cccn1)C(=O)NCC(F)(F)F. The Morgan fingerprint density at radius 3 is 2.50 bits per heavy atom. The summed E-state index contributed by atoms with van der Waals surface area (Å²) < 4.78 is 37.7. The monoisotopic (exact) mass is 292 g/mol. The van der Waals surface area contributed by atoms with Crippen LogP contribution in [0.25, 0.3) is 0 Å². The molecule has 0 aliphatic carbocycles. The third-order valence-corrected chi connectivity index (χ3v) is 3.03. The van der Waals surface area contributed by atoms with Crippen LogP contribution in [-0.2, 0) is 4.79 Å². The maximum absolute atomic E-state index is 12.0. The number of aromatic nitrogens is 2. The summed E-state index contributed by atoms with van der Waals surface area (Å²) in [5.41, 5.74) is 0. The van der Waals surface area contributed by atoms with Gasteiger partial charge in [0.05, 0.1) is 12.1 Å². The third-order valence-electron chi connectivity index (χ3n) is 3.03. The van der Waals surface area contributed by atoms with Crippen LogP contribution in [0.1, 0.15) is 26.8 Å². The van der Waals surface area contributed by atoms with E-state index in [4.69, 9.17) is 0 Å². The van der Waals surface area contributed by atoms with Crippen LogP contribution in [0.15, 0.2) is 18.5 Å². The summed E-state index contributed by atoms with van der Waals surface area (Å²) in [6.45, 7) is 3.96. The van der Waals surface area contributed by atoms with Crippen LogP contribution < -0.4 is 10.6 Å². The van der Waals surface area contributed by atoms with Gasteiger partial charge < -0.3 is 10.6 Å². The fourth-order valence-corrected chi connectivity index (χ4v) is 1.70. The molecule has 0 radical (unpaired) electrons. The second kappa shape index (κ2) is 6.74. The fourth-order valence-electron chi connectivity index (χ4n) is 1.70. The summed E-state index contributed by atoms with van der Waals surface area (Å²) in [6.07, 6.45) is -0.969. The topological polar surface area (TPSA) is 59.0 Å². The van der Waals surface area contributed by atoms with E-state index in [2.05, 4.69) is 10.4 Å². The summed E-state index contributed by atoms with van der Waals surface area (Å²) in [5.74, 6) is -0.679. The molecule has 3 atom stereocenters. The molecule has 0 spiro atoms. The summed E-state index contributed by atoms with van der Waals surface area (Å²) in [6, 6.07) is 0.914. The van der Waals surface area contributed by atoms with E-state index in [1.54, 1.807) is 23.1 Å². The minimum Gasteiger partial charge on any atom is -0.346 e. The van der Waals surface area contributed by atoms with E-state index in [0.717, 1.165) is 0 Å². The molecule has 1 amide bonds. The Labute approximate surface area is 115 Å². The third kappa shape index (κ3) is 5.20. The van der Waals surface area contributed by atoms with Gasteiger partial charge in [-0.2, -0.15) is 18.3 Å². The molecule has 114 valence electrons. The summed E-state index contributed by atoms with van der Waals surface area (Å²) in [5, 5.41) is 8.90. The molecule has 0 aliphatic rings. The molecule has 8 heteroatoms. The molecular weight excluding hydrogens is 273 g/mol. The Hall–Kier alpha value is -1.57. The Bertz CT molecular complexity index is 419. The Morgan fingerprint density at radius 1 is 1.35 bits per heavy atom. The van der Waals surface area contributed by atoms with Crippen molar-refractivity contribution >= 4 is 5.91 Å². The molecule has 0 aliphatic heterocycles. The maximum Gasteiger partial charge on any atom is 0.405 e. The first-order valence-electron chi connectivity index (χ1n) is 6.30. The summed E-state index contributed by atoms with van der Waals surface area (Å²) in [4.78, 5) is 11.5. The molecule has 2 N–H and O–H groups in total. The lowest BCUT2D eigenvalue weighted by Crippen LogP contribution is -2.49. The highest BCUT2D eigenvalue weighted by atomic mass is 19.4. The Morgan fingerprint density at radius 2 is 2.00 bits per heavy atom. The molecule has 0 bridgehead atoms. The van der Waals surface area contributed by atoms with Gasteiger partial charge in [-0.05, 0) is 26.8 Å². The van der Waals surface area contributed by atoms with Gasteiger partial charge in [0.1, 0.15) is 6.54 Å². The van der Waals surface area contributed by atoms with Crippen molar-refractivity contribution < 1.29 is 18.0 Å². The van der Waals surface area contributed by atoms with Crippen molar-refractivity contribution in [2.24, 2.45) is 0 Å². The van der Waals surface area contributed by atoms with E-state index in [-0.39, 0.29) is 12.1 Å². The highest BCUT2D eigenvalue weighted by Crippen LogP contribution is 2.12. The molecule has 1 aromatic heterocycles. The fraction of sp³-hybridized carbons (Fsp3) is 0.667. The molecule has 0 saturated carbocycles. The minimum atomic E-state index is -4.40. The molecule has 0 saturated heterocycles. The number of hydrogen-bond donors (Lipinski definition) is 2. The molecule has 1 aromatic rings. The van der Waals surface area contributed by atoms with E-state index >= 15 is 0 Å². The number of nitrogens with one attached hydrogen (secondary N) is 2. The lowest BCUT2D eigenvalue weighted by atomic mass is 10.1. The first-order valence-corrected chi connectivity index (χ1v) is 6.30. The van der Waals surface area contributed by atoms with Crippen LogP contribution in [0.3, 0.4) is 0 Å². The Kier molecular flexibility index (Phi) is 5.55. The molecular formula is C12H19F3N4O. The van der Waals surface area contributed by atoms with Crippen molar-refractivity contribution in [2.75, 3.05) is 6.54 Å². The van der Waals surface area contributed by atoms with Gasteiger partial charge >= 0.3 is 6.18 Å². The number of carbonyl (C=O) groups is 1. The van der Waals surface area contributed by atoms with Crippen LogP contribution in [0.2, 0.25) is 0 Å². The second-order valence-corrected chi connectivity index (χ2v) is 4.74. The van der Waals surface area contributed by atoms with Gasteiger partial charge in [0.15, 0.2) is 0 Å². The van der Waals surface area contributed by atoms with Gasteiger partial charge in [0.2, 0.25) is 5.91 Å². The highest BCUT2D eigenvalue weighted by Gasteiger charge is 2.29. The summed E-state index contributed by atoms with van der Waals surface area (Å²) in [7, 11) is 0. The zero-order valence-corrected chi connectivity index (χ0v) is 11.6. The smallest absolute Gasteiger partial charge is 0.346 e. The molecule has 0 aromatic carbocycles. The first-order chi connectivity index (χ1) is 9.20. The first kappa shape index (κ1) is 16.5. The standard InChI is InChI=1S/C12H19F3N4O/c1-8(10(3)19-6-4-5-17-19)18-9(2)11(20)16-7-12(13,14)15/h4-6,8-10,18H,7H2,1-3H3,(H,16,20)/t8-,9+,10-/m1/s1. The van der Waals surface area contributed by atoms with Crippen molar-refractivity contribution in [2.45, 2.75) is 45.1 Å². The average Bonchev–Trinajstić information content (AvgIpc) is 2.87. The van der Waals surface area contributed by atoms with E-state index in [1.165, 1.54) is 6.92 Å². The largest absolute Gasteiger partial charge is 0.405 e. The molecule has 0 fully saturated rings. The van der Waals surface area contributed by atoms with Crippen LogP contribution >= 0.6 is 0 Å². The van der Waals surface area contributed by atoms with Crippen molar-refractivity contribution in [1.29, 1.82) is 0 Å². The van der Waals surface area contributed by atoms with Gasteiger partial charge in [-0.3, -0.25) is 9.48 Å². The van der Waals surface area contributed by atoms with Gasteiger partial charge in [0, 0.05) is 18.4 Å². The average molecular weight is 292 g/mol. The van der Waals surface area contributed by atoms with Crippen molar-refractivity contribution in [3.8, 4) is 0 Å². The number of carbonyl (C=O) groups excluding carboxylic acids is 1. The highest BCUT2D eigenvalue weighted by molar-refractivity contribution is 5.81. The number of hydrogen-bond acceptors (Lipinski definition) is 3. The van der Waals surface area contributed by atoms with Gasteiger partial charge in [-0.25, -0.2) is 0 Å². The van der Waals surface area contributed by atoms with E-state index < -0.39 is 24.7 Å². The predicted molar refractivity (Wildman–Crippen MR) is 68.1 cm³/mol. The number of alkyl halides is 3. The molecule has 1 heterocycles. The van der Waals surface area contributed by atoms with Crippen molar-refractivity contribution in [1.82, 2.24) is 20.4 Å². The van der Waals surface area contributed by atoms with Crippen LogP contribution in [0.5, 0.6) is 0 Å². The maximum atomic E-state index is 12.0. The van der Waals surface area contributed by atoms with Crippen LogP contribution in [0.4, 0.5) is 13.2 Å². The predicted octanol–water partition coefficient (Wildman–Crippen LogP) is 1.49. The van der Waals surface area contributed by atoms with Crippen molar-refractivity contribution in [3.63, 3.8) is 0 Å². The molecule has 5 nitrogen and oxygen atoms in total. The summed E-state index contributed by atoms with van der Waals surface area (Å²) >= 11 is 0. The van der Waals surface area contributed by atoms with E-state index in [0.29, 0.717) is 0 Å². The normalized spacial score (nSPS) is 16.5. The number of rotatable bonds is 6. The van der Waals surface area contributed by atoms with Crippen molar-refractivity contribution in [3.05, 3.63) is 18.5 Å². The lowest BCUT2D eigenvalue weighted by Gasteiger charge is -2.25. The van der Waals surface area contributed by atoms with Gasteiger partial charge in [0.25, 0.3) is 0 Å². The number of amides is 1. The zero-order chi connectivity index (χ0) is 15.3.